The molecular formula is C21H23Cl2N3O3S. The van der Waals surface area contributed by atoms with Crippen molar-refractivity contribution in [1.82, 2.24) is 10.0 Å². The Morgan fingerprint density at radius 2 is 1.77 bits per heavy atom. The van der Waals surface area contributed by atoms with Crippen LogP contribution < -0.4 is 14.9 Å². The zero-order chi connectivity index (χ0) is 21.3. The number of anilines is 1. The SMILES string of the molecule is O=C(NCc1ccccc1N1CCCC1)c1cc(S(=O)(=O)NC2CC2)c(Cl)cc1Cl. The average Bonchev–Trinajstić information content (AvgIpc) is 3.33. The molecule has 6 nitrogen and oxygen atoms in total. The molecule has 2 fully saturated rings. The summed E-state index contributed by atoms with van der Waals surface area (Å²) in [6.07, 6.45) is 3.92. The van der Waals surface area contributed by atoms with Gasteiger partial charge >= 0.3 is 0 Å². The van der Waals surface area contributed by atoms with Gasteiger partial charge in [0.2, 0.25) is 10.0 Å². The fraction of sp³-hybridized carbons (Fsp3) is 0.381. The molecule has 2 aliphatic rings. The predicted molar refractivity (Wildman–Crippen MR) is 119 cm³/mol. The first-order valence-electron chi connectivity index (χ1n) is 9.97. The van der Waals surface area contributed by atoms with Crippen molar-refractivity contribution >= 4 is 44.8 Å². The van der Waals surface area contributed by atoms with Crippen LogP contribution in [0.2, 0.25) is 10.0 Å². The van der Waals surface area contributed by atoms with E-state index in [9.17, 15) is 13.2 Å². The quantitative estimate of drug-likeness (QED) is 0.645. The molecule has 0 aromatic heterocycles. The van der Waals surface area contributed by atoms with Crippen LogP contribution >= 0.6 is 23.2 Å². The van der Waals surface area contributed by atoms with Crippen LogP contribution in [0, 0.1) is 0 Å². The maximum Gasteiger partial charge on any atom is 0.253 e. The molecule has 30 heavy (non-hydrogen) atoms. The number of carbonyl (C=O) groups excluding carboxylic acids is 1. The molecule has 0 unspecified atom stereocenters. The fourth-order valence-electron chi connectivity index (χ4n) is 3.59. The standard InChI is InChI=1S/C21H23Cl2N3O3S/c22-17-12-18(23)20(30(28,29)25-15-7-8-15)11-16(17)21(27)24-13-14-5-1-2-6-19(14)26-9-3-4-10-26/h1-2,5-6,11-12,15,25H,3-4,7-10,13H2,(H,24,27). The predicted octanol–water partition coefficient (Wildman–Crippen LogP) is 3.96. The number of hydrogen-bond donors (Lipinski definition) is 2. The number of nitrogens with zero attached hydrogens (tertiary/aromatic N) is 1. The van der Waals surface area contributed by atoms with Gasteiger partial charge in [0.25, 0.3) is 5.91 Å². The monoisotopic (exact) mass is 467 g/mol. The van der Waals surface area contributed by atoms with Crippen LogP contribution in [-0.2, 0) is 16.6 Å². The summed E-state index contributed by atoms with van der Waals surface area (Å²) in [7, 11) is -3.81. The second kappa shape index (κ2) is 8.75. The van der Waals surface area contributed by atoms with Crippen molar-refractivity contribution < 1.29 is 13.2 Å². The second-order valence-electron chi connectivity index (χ2n) is 7.66. The summed E-state index contributed by atoms with van der Waals surface area (Å²) < 4.78 is 27.7. The highest BCUT2D eigenvalue weighted by atomic mass is 35.5. The van der Waals surface area contributed by atoms with Crippen LogP contribution in [0.25, 0.3) is 0 Å². The number of nitrogens with one attached hydrogen (secondary N) is 2. The van der Waals surface area contributed by atoms with E-state index >= 15 is 0 Å². The van der Waals surface area contributed by atoms with Crippen molar-refractivity contribution in [2.75, 3.05) is 18.0 Å². The molecule has 0 atom stereocenters. The van der Waals surface area contributed by atoms with Gasteiger partial charge in [0.1, 0.15) is 4.90 Å². The van der Waals surface area contributed by atoms with Crippen molar-refractivity contribution in [3.05, 3.63) is 57.6 Å². The van der Waals surface area contributed by atoms with E-state index in [0.717, 1.165) is 50.0 Å². The van der Waals surface area contributed by atoms with E-state index in [1.165, 1.54) is 12.1 Å². The van der Waals surface area contributed by atoms with Crippen molar-refractivity contribution in [3.8, 4) is 0 Å². The van der Waals surface area contributed by atoms with Crippen LogP contribution in [0.5, 0.6) is 0 Å². The molecule has 1 aliphatic carbocycles. The Balaban J connectivity index is 1.53. The number of sulfonamides is 1. The number of benzene rings is 2. The van der Waals surface area contributed by atoms with E-state index in [1.54, 1.807) is 0 Å². The molecule has 0 spiro atoms. The zero-order valence-corrected chi connectivity index (χ0v) is 18.7. The summed E-state index contributed by atoms with van der Waals surface area (Å²) in [5.41, 5.74) is 2.19. The summed E-state index contributed by atoms with van der Waals surface area (Å²) in [6.45, 7) is 2.32. The Hall–Kier alpha value is -1.80. The zero-order valence-electron chi connectivity index (χ0n) is 16.3. The Morgan fingerprint density at radius 3 is 2.47 bits per heavy atom. The van der Waals surface area contributed by atoms with E-state index in [4.69, 9.17) is 23.2 Å². The van der Waals surface area contributed by atoms with Crippen LogP contribution in [0.3, 0.4) is 0 Å². The normalized spacial score (nSPS) is 16.7. The third kappa shape index (κ3) is 4.75. The molecule has 4 rings (SSSR count). The van der Waals surface area contributed by atoms with Crippen molar-refractivity contribution in [1.29, 1.82) is 0 Å². The van der Waals surface area contributed by atoms with Gasteiger partial charge in [0.05, 0.1) is 15.6 Å². The van der Waals surface area contributed by atoms with Crippen LogP contribution in [0.15, 0.2) is 41.3 Å². The minimum atomic E-state index is -3.81. The summed E-state index contributed by atoms with van der Waals surface area (Å²) in [5.74, 6) is -0.448. The summed E-state index contributed by atoms with van der Waals surface area (Å²) in [6, 6.07) is 10.4. The highest BCUT2D eigenvalue weighted by molar-refractivity contribution is 7.89. The number of para-hydroxylation sites is 1. The minimum Gasteiger partial charge on any atom is -0.371 e. The highest BCUT2D eigenvalue weighted by Crippen LogP contribution is 2.31. The molecule has 1 heterocycles. The largest absolute Gasteiger partial charge is 0.371 e. The molecule has 1 amide bonds. The van der Waals surface area contributed by atoms with Gasteiger partial charge in [-0.3, -0.25) is 4.79 Å². The Morgan fingerprint density at radius 1 is 1.07 bits per heavy atom. The van der Waals surface area contributed by atoms with Gasteiger partial charge < -0.3 is 10.2 Å². The highest BCUT2D eigenvalue weighted by Gasteiger charge is 2.30. The lowest BCUT2D eigenvalue weighted by Gasteiger charge is -2.21. The molecule has 9 heteroatoms. The Kier molecular flexibility index (Phi) is 6.25. The van der Waals surface area contributed by atoms with E-state index in [0.29, 0.717) is 6.54 Å². The van der Waals surface area contributed by atoms with E-state index in [1.807, 2.05) is 18.2 Å². The van der Waals surface area contributed by atoms with Gasteiger partial charge in [-0.1, -0.05) is 41.4 Å². The molecule has 2 N–H and O–H groups in total. The topological polar surface area (TPSA) is 78.5 Å². The van der Waals surface area contributed by atoms with Crippen molar-refractivity contribution in [3.63, 3.8) is 0 Å². The van der Waals surface area contributed by atoms with Gasteiger partial charge in [-0.2, -0.15) is 0 Å². The fourth-order valence-corrected chi connectivity index (χ4v) is 5.75. The lowest BCUT2D eigenvalue weighted by atomic mass is 10.1. The molecule has 160 valence electrons. The van der Waals surface area contributed by atoms with Crippen molar-refractivity contribution in [2.24, 2.45) is 0 Å². The van der Waals surface area contributed by atoms with E-state index in [-0.39, 0.29) is 26.5 Å². The molecular weight excluding hydrogens is 445 g/mol. The second-order valence-corrected chi connectivity index (χ2v) is 10.2. The minimum absolute atomic E-state index is 0.0101. The van der Waals surface area contributed by atoms with Crippen LogP contribution in [0.4, 0.5) is 5.69 Å². The molecule has 1 aliphatic heterocycles. The molecule has 1 saturated carbocycles. The van der Waals surface area contributed by atoms with Gasteiger partial charge in [-0.15, -0.1) is 0 Å². The lowest BCUT2D eigenvalue weighted by Crippen LogP contribution is -2.28. The first-order valence-corrected chi connectivity index (χ1v) is 12.2. The van der Waals surface area contributed by atoms with Gasteiger partial charge in [0, 0.05) is 31.4 Å². The molecule has 1 saturated heterocycles. The molecule has 0 radical (unpaired) electrons. The number of rotatable bonds is 7. The van der Waals surface area contributed by atoms with Gasteiger partial charge in [-0.05, 0) is 49.4 Å². The summed E-state index contributed by atoms with van der Waals surface area (Å²) >= 11 is 12.3. The van der Waals surface area contributed by atoms with Crippen molar-refractivity contribution in [2.45, 2.75) is 43.2 Å². The summed E-state index contributed by atoms with van der Waals surface area (Å²) in [4.78, 5) is 15.0. The Bertz CT molecular complexity index is 1070. The van der Waals surface area contributed by atoms with E-state index < -0.39 is 15.9 Å². The van der Waals surface area contributed by atoms with Gasteiger partial charge in [-0.25, -0.2) is 13.1 Å². The third-order valence-corrected chi connectivity index (χ3v) is 7.63. The third-order valence-electron chi connectivity index (χ3n) is 5.33. The molecule has 2 aromatic carbocycles. The first-order chi connectivity index (χ1) is 14.3. The Labute approximate surface area is 186 Å². The number of carbonyl (C=O) groups is 1. The maximum atomic E-state index is 12.8. The van der Waals surface area contributed by atoms with Crippen LogP contribution in [0.1, 0.15) is 41.6 Å². The molecule has 2 aromatic rings. The smallest absolute Gasteiger partial charge is 0.253 e. The number of hydrogen-bond acceptors (Lipinski definition) is 4. The maximum absolute atomic E-state index is 12.8. The van der Waals surface area contributed by atoms with Gasteiger partial charge in [0.15, 0.2) is 0 Å². The van der Waals surface area contributed by atoms with E-state index in [2.05, 4.69) is 21.0 Å². The first kappa shape index (κ1) is 21.4. The lowest BCUT2D eigenvalue weighted by molar-refractivity contribution is 0.0951. The number of halogens is 2. The average molecular weight is 468 g/mol. The van der Waals surface area contributed by atoms with Crippen LogP contribution in [-0.4, -0.2) is 33.5 Å². The number of amides is 1. The molecule has 0 bridgehead atoms. The summed E-state index contributed by atoms with van der Waals surface area (Å²) in [5, 5.41) is 2.96.